The Bertz CT molecular complexity index is 771. The Hall–Kier alpha value is -1.73. The standard InChI is InChI=1S/C18H24ClN5OS/c1-13(2)17-20-21-18(22(17)3)26-12-16(25)24-9-7-23(8-10-24)15-6-4-5-14(19)11-15/h4-6,11,13H,7-10,12H2,1-3H3. The van der Waals surface area contributed by atoms with E-state index in [0.717, 1.165) is 47.9 Å². The second-order valence-corrected chi connectivity index (χ2v) is 8.07. The quantitative estimate of drug-likeness (QED) is 0.731. The van der Waals surface area contributed by atoms with Crippen LogP contribution in [-0.2, 0) is 11.8 Å². The van der Waals surface area contributed by atoms with Gasteiger partial charge in [-0.2, -0.15) is 0 Å². The SMILES string of the molecule is CC(C)c1nnc(SCC(=O)N2CCN(c3cccc(Cl)c3)CC2)n1C. The Morgan fingerprint density at radius 2 is 1.96 bits per heavy atom. The average molecular weight is 394 g/mol. The largest absolute Gasteiger partial charge is 0.368 e. The summed E-state index contributed by atoms with van der Waals surface area (Å²) in [5.41, 5.74) is 1.11. The van der Waals surface area contributed by atoms with Crippen LogP contribution in [-0.4, -0.2) is 57.5 Å². The number of amides is 1. The number of nitrogens with zero attached hydrogens (tertiary/aromatic N) is 5. The lowest BCUT2D eigenvalue weighted by Crippen LogP contribution is -2.49. The van der Waals surface area contributed by atoms with E-state index in [1.165, 1.54) is 11.8 Å². The predicted molar refractivity (Wildman–Crippen MR) is 106 cm³/mol. The van der Waals surface area contributed by atoms with Crippen LogP contribution in [0.25, 0.3) is 0 Å². The molecule has 1 aliphatic heterocycles. The molecule has 140 valence electrons. The summed E-state index contributed by atoms with van der Waals surface area (Å²) in [6.45, 7) is 7.26. The van der Waals surface area contributed by atoms with Crippen LogP contribution in [0.5, 0.6) is 0 Å². The maximum absolute atomic E-state index is 12.5. The topological polar surface area (TPSA) is 54.3 Å². The summed E-state index contributed by atoms with van der Waals surface area (Å²) in [5.74, 6) is 1.79. The molecule has 1 amide bonds. The first-order valence-corrected chi connectivity index (χ1v) is 10.1. The van der Waals surface area contributed by atoms with Crippen molar-refractivity contribution in [2.24, 2.45) is 7.05 Å². The number of hydrogen-bond donors (Lipinski definition) is 0. The van der Waals surface area contributed by atoms with Gasteiger partial charge in [0.1, 0.15) is 5.82 Å². The smallest absolute Gasteiger partial charge is 0.233 e. The number of aromatic nitrogens is 3. The van der Waals surface area contributed by atoms with Gasteiger partial charge in [-0.3, -0.25) is 4.79 Å². The number of hydrogen-bond acceptors (Lipinski definition) is 5. The van der Waals surface area contributed by atoms with E-state index >= 15 is 0 Å². The summed E-state index contributed by atoms with van der Waals surface area (Å²) in [6.07, 6.45) is 0. The number of anilines is 1. The van der Waals surface area contributed by atoms with Crippen LogP contribution in [0.4, 0.5) is 5.69 Å². The van der Waals surface area contributed by atoms with E-state index in [4.69, 9.17) is 11.6 Å². The molecule has 0 atom stereocenters. The number of halogens is 1. The maximum atomic E-state index is 12.5. The lowest BCUT2D eigenvalue weighted by Gasteiger charge is -2.36. The van der Waals surface area contributed by atoms with Crippen LogP contribution in [0.1, 0.15) is 25.6 Å². The number of carbonyl (C=O) groups is 1. The minimum atomic E-state index is 0.148. The molecule has 0 bridgehead atoms. The molecule has 1 fully saturated rings. The van der Waals surface area contributed by atoms with Gasteiger partial charge in [-0.1, -0.05) is 43.3 Å². The first kappa shape index (κ1) is 19.0. The molecule has 1 aromatic heterocycles. The molecule has 0 saturated carbocycles. The van der Waals surface area contributed by atoms with Gasteiger partial charge in [-0.25, -0.2) is 0 Å². The summed E-state index contributed by atoms with van der Waals surface area (Å²) >= 11 is 7.52. The third-order valence-electron chi connectivity index (χ3n) is 4.52. The Morgan fingerprint density at radius 3 is 2.58 bits per heavy atom. The van der Waals surface area contributed by atoms with Gasteiger partial charge in [-0.05, 0) is 18.2 Å². The average Bonchev–Trinajstić information content (AvgIpc) is 3.00. The minimum Gasteiger partial charge on any atom is -0.368 e. The van der Waals surface area contributed by atoms with Crippen molar-refractivity contribution in [3.8, 4) is 0 Å². The second-order valence-electron chi connectivity index (χ2n) is 6.69. The van der Waals surface area contributed by atoms with E-state index in [-0.39, 0.29) is 5.91 Å². The lowest BCUT2D eigenvalue weighted by molar-refractivity contribution is -0.128. The van der Waals surface area contributed by atoms with Crippen LogP contribution < -0.4 is 4.90 Å². The first-order chi connectivity index (χ1) is 12.5. The summed E-state index contributed by atoms with van der Waals surface area (Å²) < 4.78 is 1.97. The van der Waals surface area contributed by atoms with Crippen LogP contribution in [0.15, 0.2) is 29.4 Å². The molecule has 0 N–H and O–H groups in total. The van der Waals surface area contributed by atoms with Crippen molar-refractivity contribution in [1.29, 1.82) is 0 Å². The summed E-state index contributed by atoms with van der Waals surface area (Å²) in [5, 5.41) is 9.93. The fraction of sp³-hybridized carbons (Fsp3) is 0.500. The Labute approximate surface area is 163 Å². The van der Waals surface area contributed by atoms with Crippen molar-refractivity contribution >= 4 is 35.0 Å². The molecular formula is C18H24ClN5OS. The molecule has 0 spiro atoms. The molecule has 0 unspecified atom stereocenters. The summed E-state index contributed by atoms with van der Waals surface area (Å²) in [4.78, 5) is 16.7. The Kier molecular flexibility index (Phi) is 6.09. The molecule has 1 aliphatic rings. The molecule has 8 heteroatoms. The van der Waals surface area contributed by atoms with Crippen molar-refractivity contribution in [2.75, 3.05) is 36.8 Å². The zero-order valence-electron chi connectivity index (χ0n) is 15.4. The maximum Gasteiger partial charge on any atom is 0.233 e. The molecule has 3 rings (SSSR count). The van der Waals surface area contributed by atoms with Crippen LogP contribution in [0.2, 0.25) is 5.02 Å². The minimum absolute atomic E-state index is 0.148. The van der Waals surface area contributed by atoms with Crippen LogP contribution >= 0.6 is 23.4 Å². The van der Waals surface area contributed by atoms with E-state index in [1.807, 2.05) is 34.7 Å². The lowest BCUT2D eigenvalue weighted by atomic mass is 10.2. The number of piperazine rings is 1. The van der Waals surface area contributed by atoms with E-state index in [9.17, 15) is 4.79 Å². The molecule has 1 saturated heterocycles. The van der Waals surface area contributed by atoms with Gasteiger partial charge < -0.3 is 14.4 Å². The highest BCUT2D eigenvalue weighted by molar-refractivity contribution is 7.99. The molecule has 0 radical (unpaired) electrons. The summed E-state index contributed by atoms with van der Waals surface area (Å²) in [6, 6.07) is 7.85. The van der Waals surface area contributed by atoms with E-state index < -0.39 is 0 Å². The Morgan fingerprint density at radius 1 is 1.23 bits per heavy atom. The fourth-order valence-electron chi connectivity index (χ4n) is 3.06. The highest BCUT2D eigenvalue weighted by Gasteiger charge is 2.22. The molecule has 6 nitrogen and oxygen atoms in total. The zero-order valence-corrected chi connectivity index (χ0v) is 16.9. The number of carbonyl (C=O) groups excluding carboxylic acids is 1. The van der Waals surface area contributed by atoms with Gasteiger partial charge in [0, 0.05) is 49.9 Å². The normalized spacial score (nSPS) is 15.0. The fourth-order valence-corrected chi connectivity index (χ4v) is 4.06. The third-order valence-corrected chi connectivity index (χ3v) is 5.76. The monoisotopic (exact) mass is 393 g/mol. The molecule has 2 aromatic rings. The molecule has 0 aliphatic carbocycles. The van der Waals surface area contributed by atoms with Gasteiger partial charge in [0.15, 0.2) is 5.16 Å². The van der Waals surface area contributed by atoms with Crippen LogP contribution in [0, 0.1) is 0 Å². The number of benzene rings is 1. The first-order valence-electron chi connectivity index (χ1n) is 8.76. The highest BCUT2D eigenvalue weighted by Crippen LogP contribution is 2.22. The number of thioether (sulfide) groups is 1. The second kappa shape index (κ2) is 8.31. The highest BCUT2D eigenvalue weighted by atomic mass is 35.5. The predicted octanol–water partition coefficient (Wildman–Crippen LogP) is 3.03. The van der Waals surface area contributed by atoms with Crippen LogP contribution in [0.3, 0.4) is 0 Å². The van der Waals surface area contributed by atoms with Gasteiger partial charge in [0.05, 0.1) is 5.75 Å². The van der Waals surface area contributed by atoms with E-state index in [2.05, 4.69) is 35.0 Å². The molecule has 26 heavy (non-hydrogen) atoms. The summed E-state index contributed by atoms with van der Waals surface area (Å²) in [7, 11) is 1.95. The molecular weight excluding hydrogens is 370 g/mol. The number of rotatable bonds is 5. The van der Waals surface area contributed by atoms with Gasteiger partial charge in [0.25, 0.3) is 0 Å². The van der Waals surface area contributed by atoms with Gasteiger partial charge in [-0.15, -0.1) is 10.2 Å². The van der Waals surface area contributed by atoms with Gasteiger partial charge >= 0.3 is 0 Å². The van der Waals surface area contributed by atoms with Crippen molar-refractivity contribution in [1.82, 2.24) is 19.7 Å². The zero-order chi connectivity index (χ0) is 18.7. The van der Waals surface area contributed by atoms with Crippen molar-refractivity contribution in [2.45, 2.75) is 24.9 Å². The van der Waals surface area contributed by atoms with E-state index in [0.29, 0.717) is 11.7 Å². The van der Waals surface area contributed by atoms with Crippen molar-refractivity contribution in [3.63, 3.8) is 0 Å². The van der Waals surface area contributed by atoms with Crippen molar-refractivity contribution in [3.05, 3.63) is 35.1 Å². The van der Waals surface area contributed by atoms with Crippen molar-refractivity contribution < 1.29 is 4.79 Å². The third kappa shape index (κ3) is 4.32. The Balaban J connectivity index is 1.51. The van der Waals surface area contributed by atoms with Gasteiger partial charge in [0.2, 0.25) is 5.91 Å². The molecule has 1 aromatic carbocycles. The van der Waals surface area contributed by atoms with E-state index in [1.54, 1.807) is 0 Å². The molecule has 2 heterocycles.